The Morgan fingerprint density at radius 1 is 0.676 bits per heavy atom. The van der Waals surface area contributed by atoms with Gasteiger partial charge in [-0.2, -0.15) is 0 Å². The van der Waals surface area contributed by atoms with E-state index >= 15 is 0 Å². The lowest BCUT2D eigenvalue weighted by atomic mass is 10.2. The van der Waals surface area contributed by atoms with Crippen LogP contribution >= 0.6 is 0 Å². The minimum absolute atomic E-state index is 0.0244. The Balaban J connectivity index is 3.34. The molecule has 4 nitrogen and oxygen atoms in total. The number of rotatable bonds is 7. The van der Waals surface area contributed by atoms with Gasteiger partial charge >= 0.3 is 5.97 Å². The van der Waals surface area contributed by atoms with Crippen LogP contribution in [0.25, 0.3) is 6.08 Å². The molecule has 0 heterocycles. The summed E-state index contributed by atoms with van der Waals surface area (Å²) in [6.45, 7) is 32.9. The van der Waals surface area contributed by atoms with Crippen LogP contribution in [0, 0.1) is 0 Å². The minimum Gasteiger partial charge on any atom is -0.541 e. The predicted molar refractivity (Wildman–Crippen MR) is 154 cm³/mol. The Kier molecular flexibility index (Phi) is 9.01. The van der Waals surface area contributed by atoms with Crippen molar-refractivity contribution in [2.75, 3.05) is 0 Å². The largest absolute Gasteiger partial charge is 0.541 e. The van der Waals surface area contributed by atoms with Crippen molar-refractivity contribution in [3.8, 4) is 11.5 Å². The lowest BCUT2D eigenvalue weighted by molar-refractivity contribution is -0.129. The molecule has 1 aromatic rings. The van der Waals surface area contributed by atoms with Crippen molar-refractivity contribution in [2.45, 2.75) is 117 Å². The Hall–Kier alpha value is -1.32. The third kappa shape index (κ3) is 7.85. The number of hydrogen-bond donors (Lipinski definition) is 0. The van der Waals surface area contributed by atoms with E-state index in [1.807, 2.05) is 24.3 Å². The van der Waals surface area contributed by atoms with Crippen LogP contribution in [0.4, 0.5) is 0 Å². The van der Waals surface area contributed by atoms with E-state index in [1.54, 1.807) is 0 Å². The van der Waals surface area contributed by atoms with Gasteiger partial charge in [0.25, 0.3) is 25.0 Å². The highest BCUT2D eigenvalue weighted by atomic mass is 28.4. The molecule has 34 heavy (non-hydrogen) atoms. The topological polar surface area (TPSA) is 44.8 Å². The molecule has 0 aliphatic rings. The first-order chi connectivity index (χ1) is 14.9. The Bertz CT molecular complexity index is 896. The van der Waals surface area contributed by atoms with Crippen molar-refractivity contribution in [1.82, 2.24) is 0 Å². The van der Waals surface area contributed by atoms with Crippen molar-refractivity contribution in [2.24, 2.45) is 0 Å². The van der Waals surface area contributed by atoms with E-state index in [9.17, 15) is 4.79 Å². The van der Waals surface area contributed by atoms with Gasteiger partial charge in [-0.05, 0) is 78.2 Å². The molecule has 0 spiro atoms. The van der Waals surface area contributed by atoms with Gasteiger partial charge in [0.05, 0.1) is 0 Å². The molecule has 0 unspecified atom stereocenters. The molecular formula is C27H50O4Si3. The maximum atomic E-state index is 12.6. The number of carbonyl (C=O) groups is 1. The van der Waals surface area contributed by atoms with Crippen molar-refractivity contribution >= 4 is 37.0 Å². The summed E-state index contributed by atoms with van der Waals surface area (Å²) in [6, 6.07) is 5.97. The molecule has 0 amide bonds. The summed E-state index contributed by atoms with van der Waals surface area (Å²) < 4.78 is 19.3. The first kappa shape index (κ1) is 30.7. The van der Waals surface area contributed by atoms with Gasteiger partial charge in [0.1, 0.15) is 11.5 Å². The summed E-state index contributed by atoms with van der Waals surface area (Å²) >= 11 is 0. The summed E-state index contributed by atoms with van der Waals surface area (Å²) in [5.74, 6) is 1.26. The van der Waals surface area contributed by atoms with Gasteiger partial charge in [0, 0.05) is 6.08 Å². The first-order valence-electron chi connectivity index (χ1n) is 12.3. The lowest BCUT2D eigenvalue weighted by Gasteiger charge is -2.39. The van der Waals surface area contributed by atoms with E-state index in [0.717, 1.165) is 17.1 Å². The highest BCUT2D eigenvalue weighted by molar-refractivity contribution is 6.76. The maximum Gasteiger partial charge on any atom is 0.317 e. The molecule has 0 saturated heterocycles. The third-order valence-electron chi connectivity index (χ3n) is 7.88. The molecule has 7 heteroatoms. The van der Waals surface area contributed by atoms with Crippen LogP contribution in [0.15, 0.2) is 24.3 Å². The zero-order valence-electron chi connectivity index (χ0n) is 24.5. The summed E-state index contributed by atoms with van der Waals surface area (Å²) in [4.78, 5) is 12.6. The molecule has 1 aromatic carbocycles. The molecule has 0 saturated carbocycles. The van der Waals surface area contributed by atoms with Crippen LogP contribution in [-0.2, 0) is 9.22 Å². The standard InChI is InChI=1S/C27H50O4Si3/c1-25(2,3)32(10,11)29-22-18-16-21(20-23(22)30-33(12,13)26(4,5)6)17-19-24(28)31-34(14,15)27(7,8)9/h16-20H,1-15H3/b19-17+. The van der Waals surface area contributed by atoms with E-state index in [4.69, 9.17) is 13.3 Å². The third-order valence-corrected chi connectivity index (χ3v) is 20.9. The second-order valence-corrected chi connectivity index (χ2v) is 28.1. The molecule has 0 radical (unpaired) electrons. The van der Waals surface area contributed by atoms with E-state index in [1.165, 1.54) is 6.08 Å². The second kappa shape index (κ2) is 9.97. The fraction of sp³-hybridized carbons (Fsp3) is 0.667. The van der Waals surface area contributed by atoms with Gasteiger partial charge in [-0.25, -0.2) is 4.79 Å². The molecule has 0 atom stereocenters. The lowest BCUT2D eigenvalue weighted by Crippen LogP contribution is -2.45. The fourth-order valence-corrected chi connectivity index (χ4v) is 5.17. The summed E-state index contributed by atoms with van der Waals surface area (Å²) in [5, 5.41) is 0.108. The molecule has 0 N–H and O–H groups in total. The van der Waals surface area contributed by atoms with E-state index in [0.29, 0.717) is 0 Å². The normalized spacial score (nSPS) is 14.3. The number of benzene rings is 1. The van der Waals surface area contributed by atoms with Gasteiger partial charge in [0.15, 0.2) is 0 Å². The average molecular weight is 523 g/mol. The van der Waals surface area contributed by atoms with Crippen LogP contribution in [0.3, 0.4) is 0 Å². The monoisotopic (exact) mass is 522 g/mol. The number of carbonyl (C=O) groups excluding carboxylic acids is 1. The van der Waals surface area contributed by atoms with Crippen molar-refractivity contribution in [3.63, 3.8) is 0 Å². The van der Waals surface area contributed by atoms with E-state index < -0.39 is 25.0 Å². The van der Waals surface area contributed by atoms with Crippen LogP contribution < -0.4 is 8.85 Å². The van der Waals surface area contributed by atoms with Crippen LogP contribution in [-0.4, -0.2) is 30.9 Å². The van der Waals surface area contributed by atoms with Crippen molar-refractivity contribution < 1.29 is 18.1 Å². The van der Waals surface area contributed by atoms with E-state index in [-0.39, 0.29) is 21.1 Å². The van der Waals surface area contributed by atoms with Crippen LogP contribution in [0.2, 0.25) is 54.4 Å². The average Bonchev–Trinajstić information content (AvgIpc) is 2.58. The zero-order valence-corrected chi connectivity index (χ0v) is 27.5. The maximum absolute atomic E-state index is 12.6. The van der Waals surface area contributed by atoms with Gasteiger partial charge in [-0.1, -0.05) is 68.4 Å². The minimum atomic E-state index is -2.16. The van der Waals surface area contributed by atoms with Gasteiger partial charge in [-0.15, -0.1) is 0 Å². The van der Waals surface area contributed by atoms with E-state index in [2.05, 4.69) is 102 Å². The SMILES string of the molecule is CC(C)(C)[Si](C)(C)OC(=O)/C=C/c1ccc(O[Si](C)(C)C(C)(C)C)c(O[Si](C)(C)C(C)(C)C)c1. The summed E-state index contributed by atoms with van der Waals surface area (Å²) in [7, 11) is -6.30. The molecule has 194 valence electrons. The highest BCUT2D eigenvalue weighted by Gasteiger charge is 2.42. The molecular weight excluding hydrogens is 473 g/mol. The number of hydrogen-bond acceptors (Lipinski definition) is 4. The fourth-order valence-electron chi connectivity index (χ4n) is 2.25. The molecule has 0 fully saturated rings. The van der Waals surface area contributed by atoms with Gasteiger partial charge < -0.3 is 13.3 Å². The second-order valence-electron chi connectivity index (χ2n) is 13.9. The Labute approximate surface area is 212 Å². The van der Waals surface area contributed by atoms with Crippen molar-refractivity contribution in [1.29, 1.82) is 0 Å². The quantitative estimate of drug-likeness (QED) is 0.265. The smallest absolute Gasteiger partial charge is 0.317 e. The summed E-state index contributed by atoms with van der Waals surface area (Å²) in [5.41, 5.74) is 0.892. The zero-order chi connectivity index (χ0) is 27.0. The van der Waals surface area contributed by atoms with Gasteiger partial charge in [-0.3, -0.25) is 0 Å². The van der Waals surface area contributed by atoms with Gasteiger partial charge in [0.2, 0.25) is 0 Å². The van der Waals surface area contributed by atoms with Crippen molar-refractivity contribution in [3.05, 3.63) is 29.8 Å². The predicted octanol–water partition coefficient (Wildman–Crippen LogP) is 9.02. The highest BCUT2D eigenvalue weighted by Crippen LogP contribution is 2.44. The molecule has 0 aliphatic heterocycles. The van der Waals surface area contributed by atoms with Crippen LogP contribution in [0.1, 0.15) is 67.9 Å². The molecule has 0 aliphatic carbocycles. The first-order valence-corrected chi connectivity index (χ1v) is 21.1. The Morgan fingerprint density at radius 3 is 1.50 bits per heavy atom. The molecule has 0 bridgehead atoms. The Morgan fingerprint density at radius 2 is 1.09 bits per heavy atom. The summed E-state index contributed by atoms with van der Waals surface area (Å²) in [6.07, 6.45) is 3.34. The molecule has 0 aromatic heterocycles. The molecule has 1 rings (SSSR count). The van der Waals surface area contributed by atoms with Crippen LogP contribution in [0.5, 0.6) is 11.5 Å².